The molecule has 0 spiro atoms. The predicted octanol–water partition coefficient (Wildman–Crippen LogP) is 4.81. The Labute approximate surface area is 133 Å². The van der Waals surface area contributed by atoms with Gasteiger partial charge in [0, 0.05) is 10.2 Å². The molecule has 0 aliphatic carbocycles. The average molecular weight is 349 g/mol. The zero-order valence-electron chi connectivity index (χ0n) is 11.5. The molecule has 0 aliphatic rings. The number of benzene rings is 2. The minimum atomic E-state index is 0.173. The van der Waals surface area contributed by atoms with Gasteiger partial charge in [0.15, 0.2) is 5.11 Å². The third-order valence-electron chi connectivity index (χ3n) is 3.08. The molecular weight excluding hydrogens is 332 g/mol. The van der Waals surface area contributed by atoms with Crippen molar-refractivity contribution >= 4 is 38.9 Å². The van der Waals surface area contributed by atoms with E-state index in [0.717, 1.165) is 15.7 Å². The highest BCUT2D eigenvalue weighted by atomic mass is 79.9. The van der Waals surface area contributed by atoms with E-state index in [-0.39, 0.29) is 6.04 Å². The van der Waals surface area contributed by atoms with E-state index < -0.39 is 0 Å². The maximum absolute atomic E-state index is 5.37. The number of hydrogen-bond donors (Lipinski definition) is 2. The second kappa shape index (κ2) is 6.86. The Balaban J connectivity index is 1.99. The van der Waals surface area contributed by atoms with Crippen molar-refractivity contribution in [1.29, 1.82) is 0 Å². The lowest BCUT2D eigenvalue weighted by Crippen LogP contribution is -2.31. The number of rotatable bonds is 3. The van der Waals surface area contributed by atoms with Crippen molar-refractivity contribution in [3.63, 3.8) is 0 Å². The summed E-state index contributed by atoms with van der Waals surface area (Å²) in [6.45, 7) is 4.15. The van der Waals surface area contributed by atoms with E-state index in [1.165, 1.54) is 5.56 Å². The fraction of sp³-hybridized carbons (Fsp3) is 0.188. The van der Waals surface area contributed by atoms with Crippen LogP contribution in [0.25, 0.3) is 0 Å². The van der Waals surface area contributed by atoms with Gasteiger partial charge in [-0.2, -0.15) is 0 Å². The zero-order chi connectivity index (χ0) is 14.5. The monoisotopic (exact) mass is 348 g/mol. The number of aryl methyl sites for hydroxylation is 1. The number of anilines is 1. The van der Waals surface area contributed by atoms with Gasteiger partial charge in [0.05, 0.1) is 6.04 Å². The van der Waals surface area contributed by atoms with Gasteiger partial charge in [-0.15, -0.1) is 0 Å². The van der Waals surface area contributed by atoms with Crippen LogP contribution in [0.5, 0.6) is 0 Å². The highest BCUT2D eigenvalue weighted by molar-refractivity contribution is 9.10. The molecule has 1 atom stereocenters. The second-order valence-corrected chi connectivity index (χ2v) is 6.01. The summed E-state index contributed by atoms with van der Waals surface area (Å²) >= 11 is 8.83. The SMILES string of the molecule is Cc1cc(Br)ccc1NC(=S)NC(C)c1ccccc1. The van der Waals surface area contributed by atoms with Crippen LogP contribution in [0, 0.1) is 6.92 Å². The molecule has 2 N–H and O–H groups in total. The number of nitrogens with one attached hydrogen (secondary N) is 2. The molecule has 0 aliphatic heterocycles. The normalized spacial score (nSPS) is 11.8. The summed E-state index contributed by atoms with van der Waals surface area (Å²) in [5.74, 6) is 0. The summed E-state index contributed by atoms with van der Waals surface area (Å²) in [5.41, 5.74) is 3.38. The number of thiocarbonyl (C=S) groups is 1. The van der Waals surface area contributed by atoms with Crippen molar-refractivity contribution in [3.05, 3.63) is 64.1 Å². The topological polar surface area (TPSA) is 24.1 Å². The van der Waals surface area contributed by atoms with E-state index in [1.54, 1.807) is 0 Å². The molecule has 4 heteroatoms. The highest BCUT2D eigenvalue weighted by Gasteiger charge is 2.07. The van der Waals surface area contributed by atoms with E-state index in [0.29, 0.717) is 5.11 Å². The first-order valence-electron chi connectivity index (χ1n) is 6.45. The predicted molar refractivity (Wildman–Crippen MR) is 93.1 cm³/mol. The Hall–Kier alpha value is -1.39. The largest absolute Gasteiger partial charge is 0.356 e. The maximum Gasteiger partial charge on any atom is 0.171 e. The van der Waals surface area contributed by atoms with Crippen LogP contribution < -0.4 is 10.6 Å². The lowest BCUT2D eigenvalue weighted by molar-refractivity contribution is 0.722. The molecule has 0 radical (unpaired) electrons. The van der Waals surface area contributed by atoms with Crippen LogP contribution in [0.1, 0.15) is 24.1 Å². The minimum absolute atomic E-state index is 0.173. The smallest absolute Gasteiger partial charge is 0.171 e. The van der Waals surface area contributed by atoms with Crippen LogP contribution in [0.4, 0.5) is 5.69 Å². The highest BCUT2D eigenvalue weighted by Crippen LogP contribution is 2.20. The number of halogens is 1. The molecule has 104 valence electrons. The van der Waals surface area contributed by atoms with Gasteiger partial charge in [0.25, 0.3) is 0 Å². The van der Waals surface area contributed by atoms with Crippen molar-refractivity contribution in [2.75, 3.05) is 5.32 Å². The van der Waals surface area contributed by atoms with E-state index >= 15 is 0 Å². The van der Waals surface area contributed by atoms with Crippen molar-refractivity contribution in [3.8, 4) is 0 Å². The Morgan fingerprint density at radius 2 is 1.85 bits per heavy atom. The quantitative estimate of drug-likeness (QED) is 0.778. The summed E-state index contributed by atoms with van der Waals surface area (Å²) in [7, 11) is 0. The van der Waals surface area contributed by atoms with Crippen LogP contribution in [0.15, 0.2) is 53.0 Å². The first-order chi connectivity index (χ1) is 9.56. The van der Waals surface area contributed by atoms with Crippen molar-refractivity contribution in [2.24, 2.45) is 0 Å². The first-order valence-corrected chi connectivity index (χ1v) is 7.65. The first kappa shape index (κ1) is 15.0. The third kappa shape index (κ3) is 4.05. The van der Waals surface area contributed by atoms with Crippen molar-refractivity contribution < 1.29 is 0 Å². The minimum Gasteiger partial charge on any atom is -0.356 e. The maximum atomic E-state index is 5.37. The summed E-state index contributed by atoms with van der Waals surface area (Å²) in [6, 6.07) is 16.5. The van der Waals surface area contributed by atoms with E-state index in [9.17, 15) is 0 Å². The van der Waals surface area contributed by atoms with Gasteiger partial charge in [-0.3, -0.25) is 0 Å². The lowest BCUT2D eigenvalue weighted by Gasteiger charge is -2.18. The molecule has 0 heterocycles. The van der Waals surface area contributed by atoms with Gasteiger partial charge >= 0.3 is 0 Å². The van der Waals surface area contributed by atoms with Gasteiger partial charge in [-0.1, -0.05) is 46.3 Å². The Morgan fingerprint density at radius 3 is 2.50 bits per heavy atom. The second-order valence-electron chi connectivity index (χ2n) is 4.69. The van der Waals surface area contributed by atoms with E-state index in [2.05, 4.69) is 58.6 Å². The molecule has 2 nitrogen and oxygen atoms in total. The molecular formula is C16H17BrN2S. The summed E-state index contributed by atoms with van der Waals surface area (Å²) in [5, 5.41) is 7.16. The summed E-state index contributed by atoms with van der Waals surface area (Å²) in [6.07, 6.45) is 0. The van der Waals surface area contributed by atoms with Crippen LogP contribution in [0.3, 0.4) is 0 Å². The Kier molecular flexibility index (Phi) is 5.15. The standard InChI is InChI=1S/C16H17BrN2S/c1-11-10-14(17)8-9-15(11)19-16(20)18-12(2)13-6-4-3-5-7-13/h3-10,12H,1-2H3,(H2,18,19,20). The summed E-state index contributed by atoms with van der Waals surface area (Å²) in [4.78, 5) is 0. The van der Waals surface area contributed by atoms with Crippen molar-refractivity contribution in [1.82, 2.24) is 5.32 Å². The molecule has 0 saturated carbocycles. The number of hydrogen-bond acceptors (Lipinski definition) is 1. The fourth-order valence-electron chi connectivity index (χ4n) is 1.95. The van der Waals surface area contributed by atoms with Crippen LogP contribution >= 0.6 is 28.1 Å². The molecule has 0 fully saturated rings. The summed E-state index contributed by atoms with van der Waals surface area (Å²) < 4.78 is 1.07. The Bertz CT molecular complexity index is 599. The third-order valence-corrected chi connectivity index (χ3v) is 3.80. The average Bonchev–Trinajstić information content (AvgIpc) is 2.43. The fourth-order valence-corrected chi connectivity index (χ4v) is 2.71. The van der Waals surface area contributed by atoms with Gasteiger partial charge in [-0.05, 0) is 55.4 Å². The van der Waals surface area contributed by atoms with E-state index in [4.69, 9.17) is 12.2 Å². The molecule has 0 saturated heterocycles. The van der Waals surface area contributed by atoms with Gasteiger partial charge in [-0.25, -0.2) is 0 Å². The molecule has 1 unspecified atom stereocenters. The lowest BCUT2D eigenvalue weighted by atomic mass is 10.1. The molecule has 20 heavy (non-hydrogen) atoms. The van der Waals surface area contributed by atoms with Crippen LogP contribution in [-0.2, 0) is 0 Å². The van der Waals surface area contributed by atoms with Crippen LogP contribution in [0.2, 0.25) is 0 Å². The van der Waals surface area contributed by atoms with E-state index in [1.807, 2.05) is 30.3 Å². The van der Waals surface area contributed by atoms with Gasteiger partial charge in [0.1, 0.15) is 0 Å². The molecule has 2 aromatic rings. The van der Waals surface area contributed by atoms with Crippen molar-refractivity contribution in [2.45, 2.75) is 19.9 Å². The zero-order valence-corrected chi connectivity index (χ0v) is 13.9. The molecule has 0 bridgehead atoms. The molecule has 0 amide bonds. The Morgan fingerprint density at radius 1 is 1.15 bits per heavy atom. The van der Waals surface area contributed by atoms with Crippen LogP contribution in [-0.4, -0.2) is 5.11 Å². The molecule has 2 aromatic carbocycles. The van der Waals surface area contributed by atoms with Gasteiger partial charge in [0.2, 0.25) is 0 Å². The van der Waals surface area contributed by atoms with Gasteiger partial charge < -0.3 is 10.6 Å². The molecule has 2 rings (SSSR count). The molecule has 0 aromatic heterocycles.